The molecule has 5 rings (SSSR count). The quantitative estimate of drug-likeness (QED) is 0.410. The van der Waals surface area contributed by atoms with E-state index in [9.17, 15) is 0 Å². The van der Waals surface area contributed by atoms with E-state index >= 15 is 0 Å². The van der Waals surface area contributed by atoms with E-state index in [0.29, 0.717) is 6.04 Å². The summed E-state index contributed by atoms with van der Waals surface area (Å²) in [6.07, 6.45) is 4.11. The molecule has 1 atom stereocenters. The minimum atomic E-state index is 0.360. The third kappa shape index (κ3) is 3.03. The van der Waals surface area contributed by atoms with Gasteiger partial charge >= 0.3 is 0 Å². The van der Waals surface area contributed by atoms with Gasteiger partial charge in [-0.15, -0.1) is 11.3 Å². The largest absolute Gasteiger partial charge is 0.347 e. The smallest absolute Gasteiger partial charge is 0.153 e. The summed E-state index contributed by atoms with van der Waals surface area (Å²) in [6, 6.07) is 11.4. The number of thiazole rings is 1. The summed E-state index contributed by atoms with van der Waals surface area (Å²) < 4.78 is 2.43. The molecule has 154 valence electrons. The van der Waals surface area contributed by atoms with Gasteiger partial charge in [0, 0.05) is 29.2 Å². The van der Waals surface area contributed by atoms with Crippen molar-refractivity contribution < 1.29 is 0 Å². The van der Waals surface area contributed by atoms with E-state index in [1.54, 1.807) is 11.3 Å². The first-order valence-corrected chi connectivity index (χ1v) is 11.7. The van der Waals surface area contributed by atoms with Crippen LogP contribution in [-0.4, -0.2) is 21.1 Å². The Labute approximate surface area is 182 Å². The third-order valence-corrected chi connectivity index (χ3v) is 7.41. The Morgan fingerprint density at radius 1 is 1.13 bits per heavy atom. The van der Waals surface area contributed by atoms with E-state index < -0.39 is 0 Å². The molecule has 3 aromatic heterocycles. The normalized spacial score (nSPS) is 16.3. The second-order valence-corrected chi connectivity index (χ2v) is 9.31. The molecule has 0 bridgehead atoms. The fourth-order valence-electron chi connectivity index (χ4n) is 4.97. The van der Waals surface area contributed by atoms with Gasteiger partial charge in [0.05, 0.1) is 28.8 Å². The number of aromatic nitrogens is 3. The molecule has 30 heavy (non-hydrogen) atoms. The van der Waals surface area contributed by atoms with Crippen LogP contribution in [-0.2, 0) is 13.0 Å². The van der Waals surface area contributed by atoms with Crippen LogP contribution in [0, 0.1) is 20.8 Å². The van der Waals surface area contributed by atoms with Gasteiger partial charge in [0.25, 0.3) is 0 Å². The summed E-state index contributed by atoms with van der Waals surface area (Å²) in [4.78, 5) is 12.2. The van der Waals surface area contributed by atoms with Gasteiger partial charge in [-0.3, -0.25) is 0 Å². The van der Waals surface area contributed by atoms with Crippen LogP contribution in [0.2, 0.25) is 0 Å². The second-order valence-electron chi connectivity index (χ2n) is 8.25. The van der Waals surface area contributed by atoms with E-state index in [1.165, 1.54) is 33.3 Å². The lowest BCUT2D eigenvalue weighted by Gasteiger charge is -2.38. The van der Waals surface area contributed by atoms with Crippen LogP contribution < -0.4 is 4.90 Å². The van der Waals surface area contributed by atoms with Gasteiger partial charge in [-0.05, 0) is 56.4 Å². The van der Waals surface area contributed by atoms with Crippen LogP contribution >= 0.6 is 11.3 Å². The highest BCUT2D eigenvalue weighted by atomic mass is 32.1. The van der Waals surface area contributed by atoms with Crippen molar-refractivity contribution >= 4 is 28.1 Å². The molecule has 0 fully saturated rings. The van der Waals surface area contributed by atoms with Crippen molar-refractivity contribution in [1.82, 2.24) is 14.5 Å². The molecule has 1 aliphatic heterocycles. The summed E-state index contributed by atoms with van der Waals surface area (Å²) in [5, 5.41) is 4.60. The zero-order valence-electron chi connectivity index (χ0n) is 18.1. The average molecular weight is 417 g/mol. The zero-order valence-corrected chi connectivity index (χ0v) is 19.0. The summed E-state index contributed by atoms with van der Waals surface area (Å²) >= 11 is 1.72. The molecule has 4 nitrogen and oxygen atoms in total. The number of rotatable bonds is 4. The van der Waals surface area contributed by atoms with Crippen molar-refractivity contribution in [3.05, 3.63) is 75.0 Å². The molecule has 5 heteroatoms. The molecule has 1 aromatic carbocycles. The SMILES string of the molecule is CCC1c2ccccc2CCN1c1nccc2c(C)c(C)n(Cc3csc(C)n3)c12. The highest BCUT2D eigenvalue weighted by Crippen LogP contribution is 2.39. The van der Waals surface area contributed by atoms with Crippen molar-refractivity contribution in [3.8, 4) is 0 Å². The summed E-state index contributed by atoms with van der Waals surface area (Å²) in [5.41, 5.74) is 7.95. The number of fused-ring (bicyclic) bond motifs is 2. The Kier molecular flexibility index (Phi) is 4.86. The molecule has 0 aliphatic carbocycles. The first-order chi connectivity index (χ1) is 14.6. The Morgan fingerprint density at radius 3 is 2.73 bits per heavy atom. The first-order valence-electron chi connectivity index (χ1n) is 10.8. The third-order valence-electron chi connectivity index (χ3n) is 6.58. The van der Waals surface area contributed by atoms with Crippen LogP contribution in [0.25, 0.3) is 10.9 Å². The van der Waals surface area contributed by atoms with E-state index in [2.05, 4.69) is 72.9 Å². The molecular formula is C25H28N4S. The molecule has 1 aliphatic rings. The predicted molar refractivity (Wildman–Crippen MR) is 126 cm³/mol. The second kappa shape index (κ2) is 7.55. The van der Waals surface area contributed by atoms with Gasteiger partial charge < -0.3 is 9.47 Å². The highest BCUT2D eigenvalue weighted by molar-refractivity contribution is 7.09. The molecule has 4 heterocycles. The number of benzene rings is 1. The van der Waals surface area contributed by atoms with Gasteiger partial charge in [-0.2, -0.15) is 0 Å². The van der Waals surface area contributed by atoms with Gasteiger partial charge in [-0.25, -0.2) is 9.97 Å². The minimum Gasteiger partial charge on any atom is -0.347 e. The Hall–Kier alpha value is -2.66. The molecule has 0 saturated heterocycles. The predicted octanol–water partition coefficient (Wildman–Crippen LogP) is 5.98. The van der Waals surface area contributed by atoms with Crippen molar-refractivity contribution in [1.29, 1.82) is 0 Å². The van der Waals surface area contributed by atoms with Crippen molar-refractivity contribution in [3.63, 3.8) is 0 Å². The van der Waals surface area contributed by atoms with E-state index in [4.69, 9.17) is 9.97 Å². The van der Waals surface area contributed by atoms with Gasteiger partial charge in [0.15, 0.2) is 5.82 Å². The van der Waals surface area contributed by atoms with Crippen LogP contribution in [0.5, 0.6) is 0 Å². The molecule has 1 unspecified atom stereocenters. The average Bonchev–Trinajstić information content (AvgIpc) is 3.29. The number of pyridine rings is 1. The zero-order chi connectivity index (χ0) is 20.8. The lowest BCUT2D eigenvalue weighted by Crippen LogP contribution is -2.36. The first kappa shape index (κ1) is 19.3. The lowest BCUT2D eigenvalue weighted by molar-refractivity contribution is 0.562. The maximum Gasteiger partial charge on any atom is 0.153 e. The number of aryl methyl sites for hydroxylation is 2. The number of nitrogens with zero attached hydrogens (tertiary/aromatic N) is 4. The molecule has 0 N–H and O–H groups in total. The number of hydrogen-bond acceptors (Lipinski definition) is 4. The number of anilines is 1. The topological polar surface area (TPSA) is 34.0 Å². The van der Waals surface area contributed by atoms with Crippen molar-refractivity contribution in [2.75, 3.05) is 11.4 Å². The van der Waals surface area contributed by atoms with E-state index in [0.717, 1.165) is 42.5 Å². The maximum absolute atomic E-state index is 4.95. The maximum atomic E-state index is 4.95. The number of hydrogen-bond donors (Lipinski definition) is 0. The Balaban J connectivity index is 1.67. The van der Waals surface area contributed by atoms with Crippen molar-refractivity contribution in [2.24, 2.45) is 0 Å². The van der Waals surface area contributed by atoms with E-state index in [-0.39, 0.29) is 0 Å². The molecule has 0 amide bonds. The fourth-order valence-corrected chi connectivity index (χ4v) is 5.58. The van der Waals surface area contributed by atoms with Gasteiger partial charge in [0.1, 0.15) is 0 Å². The Morgan fingerprint density at radius 2 is 1.97 bits per heavy atom. The molecule has 0 saturated carbocycles. The molecule has 0 spiro atoms. The van der Waals surface area contributed by atoms with Crippen LogP contribution in [0.4, 0.5) is 5.82 Å². The monoisotopic (exact) mass is 416 g/mol. The van der Waals surface area contributed by atoms with E-state index in [1.807, 2.05) is 6.20 Å². The van der Waals surface area contributed by atoms with Crippen LogP contribution in [0.1, 0.15) is 52.5 Å². The van der Waals surface area contributed by atoms with Crippen LogP contribution in [0.3, 0.4) is 0 Å². The Bertz CT molecular complexity index is 1220. The van der Waals surface area contributed by atoms with Crippen molar-refractivity contribution in [2.45, 2.75) is 53.1 Å². The molecule has 4 aromatic rings. The summed E-state index contributed by atoms with van der Waals surface area (Å²) in [5.74, 6) is 1.11. The minimum absolute atomic E-state index is 0.360. The summed E-state index contributed by atoms with van der Waals surface area (Å²) in [6.45, 7) is 10.6. The fraction of sp³-hybridized carbons (Fsp3) is 0.360. The standard InChI is InChI=1S/C25H28N4S/c1-5-23-22-9-7-6-8-19(22)11-13-28(23)25-24-21(10-12-26-25)16(2)17(3)29(24)14-20-15-30-18(4)27-20/h6-10,12,15,23H,5,11,13-14H2,1-4H3. The van der Waals surface area contributed by atoms with Gasteiger partial charge in [-0.1, -0.05) is 31.2 Å². The molecular weight excluding hydrogens is 388 g/mol. The van der Waals surface area contributed by atoms with Crippen LogP contribution in [0.15, 0.2) is 41.9 Å². The molecule has 0 radical (unpaired) electrons. The lowest BCUT2D eigenvalue weighted by atomic mass is 9.91. The summed E-state index contributed by atoms with van der Waals surface area (Å²) in [7, 11) is 0. The van der Waals surface area contributed by atoms with Gasteiger partial charge in [0.2, 0.25) is 0 Å². The highest BCUT2D eigenvalue weighted by Gasteiger charge is 2.29.